The van der Waals surface area contributed by atoms with Gasteiger partial charge in [0.25, 0.3) is 5.91 Å². The Kier molecular flexibility index (Phi) is 7.88. The second-order valence-corrected chi connectivity index (χ2v) is 7.53. The van der Waals surface area contributed by atoms with Crippen LogP contribution in [0.4, 0.5) is 5.69 Å². The summed E-state index contributed by atoms with van der Waals surface area (Å²) in [6, 6.07) is 14.3. The van der Waals surface area contributed by atoms with Gasteiger partial charge in [0.05, 0.1) is 17.9 Å². The van der Waals surface area contributed by atoms with Crippen LogP contribution < -0.4 is 10.6 Å². The number of esters is 1. The number of nitrogens with one attached hydrogen (secondary N) is 2. The van der Waals surface area contributed by atoms with Gasteiger partial charge >= 0.3 is 5.97 Å². The lowest BCUT2D eigenvalue weighted by Crippen LogP contribution is -2.42. The number of methoxy groups -OCH3 is 1. The molecule has 0 radical (unpaired) electrons. The fourth-order valence-electron chi connectivity index (χ4n) is 2.49. The molecule has 2 aromatic carbocycles. The van der Waals surface area contributed by atoms with E-state index >= 15 is 0 Å². The molecule has 0 heterocycles. The van der Waals surface area contributed by atoms with E-state index in [1.165, 1.54) is 20.1 Å². The fraction of sp³-hybridized carbons (Fsp3) is 0.250. The van der Waals surface area contributed by atoms with Crippen molar-refractivity contribution >= 4 is 34.3 Å². The Morgan fingerprint density at radius 2 is 1.79 bits per heavy atom. The van der Waals surface area contributed by atoms with Crippen molar-refractivity contribution < 1.29 is 23.3 Å². The molecule has 0 aliphatic rings. The molecule has 2 aromatic rings. The molecule has 0 aromatic heterocycles. The van der Waals surface area contributed by atoms with Gasteiger partial charge in [-0.1, -0.05) is 24.3 Å². The first-order valence-corrected chi connectivity index (χ1v) is 9.92. The van der Waals surface area contributed by atoms with E-state index in [0.29, 0.717) is 10.6 Å². The molecule has 0 spiro atoms. The third-order valence-electron chi connectivity index (χ3n) is 3.83. The lowest BCUT2D eigenvalue weighted by molar-refractivity contribution is -0.142. The molecule has 0 aliphatic heterocycles. The van der Waals surface area contributed by atoms with E-state index in [1.807, 2.05) is 6.07 Å². The van der Waals surface area contributed by atoms with Crippen molar-refractivity contribution in [2.45, 2.75) is 24.3 Å². The number of ether oxygens (including phenoxy) is 1. The SMILES string of the molecule is COC(=O)[C@H](CC[S@](=O)c1ccccc1)NC(=O)c1cccc(NC(C)=O)c1. The van der Waals surface area contributed by atoms with Gasteiger partial charge in [-0.05, 0) is 36.8 Å². The van der Waals surface area contributed by atoms with Crippen molar-refractivity contribution in [1.29, 1.82) is 0 Å². The number of carbonyl (C=O) groups is 3. The number of anilines is 1. The first-order chi connectivity index (χ1) is 13.4. The monoisotopic (exact) mass is 402 g/mol. The summed E-state index contributed by atoms with van der Waals surface area (Å²) in [5.41, 5.74) is 0.754. The number of amides is 2. The smallest absolute Gasteiger partial charge is 0.328 e. The molecule has 2 amide bonds. The topological polar surface area (TPSA) is 102 Å². The molecule has 2 N–H and O–H groups in total. The van der Waals surface area contributed by atoms with Gasteiger partial charge < -0.3 is 15.4 Å². The zero-order chi connectivity index (χ0) is 20.5. The summed E-state index contributed by atoms with van der Waals surface area (Å²) in [7, 11) is -0.0695. The summed E-state index contributed by atoms with van der Waals surface area (Å²) in [4.78, 5) is 36.4. The van der Waals surface area contributed by atoms with Crippen molar-refractivity contribution in [3.05, 3.63) is 60.2 Å². The average Bonchev–Trinajstić information content (AvgIpc) is 2.70. The van der Waals surface area contributed by atoms with E-state index in [9.17, 15) is 18.6 Å². The Labute approximate surface area is 165 Å². The molecule has 0 fully saturated rings. The molecule has 0 unspecified atom stereocenters. The number of hydrogen-bond acceptors (Lipinski definition) is 5. The van der Waals surface area contributed by atoms with E-state index < -0.39 is 28.7 Å². The summed E-state index contributed by atoms with van der Waals surface area (Å²) in [6.45, 7) is 1.37. The Balaban J connectivity index is 2.05. The molecule has 148 valence electrons. The summed E-state index contributed by atoms with van der Waals surface area (Å²) in [5, 5.41) is 5.21. The minimum Gasteiger partial charge on any atom is -0.467 e. The second-order valence-electron chi connectivity index (χ2n) is 5.96. The van der Waals surface area contributed by atoms with E-state index in [0.717, 1.165) is 0 Å². The van der Waals surface area contributed by atoms with Gasteiger partial charge in [0.15, 0.2) is 0 Å². The average molecular weight is 402 g/mol. The molecule has 28 heavy (non-hydrogen) atoms. The molecule has 0 aliphatic carbocycles. The van der Waals surface area contributed by atoms with Crippen LogP contribution in [0.2, 0.25) is 0 Å². The Morgan fingerprint density at radius 3 is 2.43 bits per heavy atom. The quantitative estimate of drug-likeness (QED) is 0.659. The number of hydrogen-bond donors (Lipinski definition) is 2. The maximum Gasteiger partial charge on any atom is 0.328 e. The second kappa shape index (κ2) is 10.4. The van der Waals surface area contributed by atoms with E-state index in [4.69, 9.17) is 4.74 Å². The summed E-state index contributed by atoms with van der Waals surface area (Å²) < 4.78 is 17.1. The van der Waals surface area contributed by atoms with E-state index in [2.05, 4.69) is 10.6 Å². The first kappa shape index (κ1) is 21.3. The van der Waals surface area contributed by atoms with Gasteiger partial charge in [0.2, 0.25) is 5.91 Å². The Morgan fingerprint density at radius 1 is 1.07 bits per heavy atom. The van der Waals surface area contributed by atoms with Crippen LogP contribution in [0.3, 0.4) is 0 Å². The standard InChI is InChI=1S/C20H22N2O5S/c1-14(23)21-16-8-6-7-15(13-16)19(24)22-18(20(25)27-2)11-12-28(26)17-9-4-3-5-10-17/h3-10,13,18H,11-12H2,1-2H3,(H,21,23)(H,22,24)/t18-,28-/m0/s1. The zero-order valence-corrected chi connectivity index (χ0v) is 16.5. The molecule has 2 rings (SSSR count). The molecule has 0 saturated heterocycles. The lowest BCUT2D eigenvalue weighted by atomic mass is 10.1. The largest absolute Gasteiger partial charge is 0.467 e. The van der Waals surface area contributed by atoms with Crippen LogP contribution in [0.5, 0.6) is 0 Å². The fourth-order valence-corrected chi connectivity index (χ4v) is 3.64. The maximum absolute atomic E-state index is 12.5. The summed E-state index contributed by atoms with van der Waals surface area (Å²) in [5.74, 6) is -1.17. The van der Waals surface area contributed by atoms with Crippen LogP contribution in [0.1, 0.15) is 23.7 Å². The van der Waals surface area contributed by atoms with Crippen LogP contribution in [0.25, 0.3) is 0 Å². The Bertz CT molecular complexity index is 870. The minimum absolute atomic E-state index is 0.158. The van der Waals surface area contributed by atoms with E-state index in [1.54, 1.807) is 42.5 Å². The molecule has 8 heteroatoms. The third-order valence-corrected chi connectivity index (χ3v) is 5.24. The van der Waals surface area contributed by atoms with Crippen LogP contribution in [0.15, 0.2) is 59.5 Å². The molecule has 7 nitrogen and oxygen atoms in total. The predicted molar refractivity (Wildman–Crippen MR) is 106 cm³/mol. The van der Waals surface area contributed by atoms with Crippen LogP contribution in [-0.4, -0.2) is 40.9 Å². The van der Waals surface area contributed by atoms with E-state index in [-0.39, 0.29) is 23.6 Å². The zero-order valence-electron chi connectivity index (χ0n) is 15.6. The molecular formula is C20H22N2O5S. The van der Waals surface area contributed by atoms with Crippen molar-refractivity contribution in [3.8, 4) is 0 Å². The number of carbonyl (C=O) groups excluding carboxylic acids is 3. The summed E-state index contributed by atoms with van der Waals surface area (Å²) >= 11 is 0. The normalized spacial score (nSPS) is 12.5. The highest BCUT2D eigenvalue weighted by Crippen LogP contribution is 2.12. The van der Waals surface area contributed by atoms with Gasteiger partial charge in [0.1, 0.15) is 6.04 Å². The highest BCUT2D eigenvalue weighted by molar-refractivity contribution is 7.85. The lowest BCUT2D eigenvalue weighted by Gasteiger charge is -2.16. The molecule has 2 atom stereocenters. The highest BCUT2D eigenvalue weighted by Gasteiger charge is 2.23. The van der Waals surface area contributed by atoms with Crippen LogP contribution in [-0.2, 0) is 25.1 Å². The number of rotatable bonds is 8. The Hall–Kier alpha value is -3.00. The maximum atomic E-state index is 12.5. The van der Waals surface area contributed by atoms with Gasteiger partial charge in [0, 0.05) is 28.8 Å². The minimum atomic E-state index is -1.30. The predicted octanol–water partition coefficient (Wildman–Crippen LogP) is 2.11. The van der Waals surface area contributed by atoms with Gasteiger partial charge in [-0.2, -0.15) is 0 Å². The van der Waals surface area contributed by atoms with Crippen molar-refractivity contribution in [2.24, 2.45) is 0 Å². The van der Waals surface area contributed by atoms with Crippen molar-refractivity contribution in [1.82, 2.24) is 5.32 Å². The van der Waals surface area contributed by atoms with Gasteiger partial charge in [-0.25, -0.2) is 4.79 Å². The van der Waals surface area contributed by atoms with Crippen molar-refractivity contribution in [2.75, 3.05) is 18.2 Å². The summed E-state index contributed by atoms with van der Waals surface area (Å²) in [6.07, 6.45) is 0.158. The van der Waals surface area contributed by atoms with Crippen LogP contribution in [0, 0.1) is 0 Å². The third kappa shape index (κ3) is 6.31. The molecule has 0 bridgehead atoms. The first-order valence-electron chi connectivity index (χ1n) is 8.60. The van der Waals surface area contributed by atoms with Crippen LogP contribution >= 0.6 is 0 Å². The van der Waals surface area contributed by atoms with Gasteiger partial charge in [-0.15, -0.1) is 0 Å². The van der Waals surface area contributed by atoms with Gasteiger partial charge in [-0.3, -0.25) is 13.8 Å². The number of benzene rings is 2. The molecular weight excluding hydrogens is 380 g/mol. The highest BCUT2D eigenvalue weighted by atomic mass is 32.2. The van der Waals surface area contributed by atoms with Crippen molar-refractivity contribution in [3.63, 3.8) is 0 Å². The molecule has 0 saturated carbocycles.